The lowest BCUT2D eigenvalue weighted by Crippen LogP contribution is -1.94. The van der Waals surface area contributed by atoms with Gasteiger partial charge in [-0.3, -0.25) is 0 Å². The van der Waals surface area contributed by atoms with Gasteiger partial charge in [-0.05, 0) is 117 Å². The van der Waals surface area contributed by atoms with E-state index in [0.717, 1.165) is 0 Å². The molecule has 0 aliphatic carbocycles. The molecule has 0 radical (unpaired) electrons. The molecule has 0 saturated heterocycles. The van der Waals surface area contributed by atoms with E-state index in [0.29, 0.717) is 0 Å². The second-order valence-corrected chi connectivity index (χ2v) is 14.0. The van der Waals surface area contributed by atoms with Crippen LogP contribution in [0.25, 0.3) is 99.1 Å². The minimum Gasteiger partial charge on any atom is -0.0622 e. The van der Waals surface area contributed by atoms with Gasteiger partial charge in [0, 0.05) is 0 Å². The first-order chi connectivity index (χ1) is 26.8. The van der Waals surface area contributed by atoms with E-state index in [1.807, 2.05) is 0 Å². The zero-order valence-corrected chi connectivity index (χ0v) is 29.8. The van der Waals surface area contributed by atoms with Crippen molar-refractivity contribution in [2.75, 3.05) is 0 Å². The summed E-state index contributed by atoms with van der Waals surface area (Å²) in [5, 5.41) is 7.50. The summed E-state index contributed by atoms with van der Waals surface area (Å²) in [6, 6.07) is 79.8. The van der Waals surface area contributed by atoms with E-state index < -0.39 is 0 Å². The van der Waals surface area contributed by atoms with Gasteiger partial charge in [0.05, 0.1) is 0 Å². The Morgan fingerprint density at radius 2 is 0.667 bits per heavy atom. The molecule has 0 N–H and O–H groups in total. The highest BCUT2D eigenvalue weighted by atomic mass is 14.2. The number of benzene rings is 10. The molecule has 0 aliphatic rings. The lowest BCUT2D eigenvalue weighted by atomic mass is 9.81. The van der Waals surface area contributed by atoms with E-state index in [1.165, 1.54) is 99.1 Å². The van der Waals surface area contributed by atoms with Crippen LogP contribution in [0.3, 0.4) is 0 Å². The lowest BCUT2D eigenvalue weighted by Gasteiger charge is -2.21. The summed E-state index contributed by atoms with van der Waals surface area (Å²) in [6.07, 6.45) is 0. The SMILES string of the molecule is c1ccc(-c2cccc(-c3ccc(-c4c5ccccc5c(-c5ccc6ccccc6c5)c5ccccc45)c(-c4ccccc4-c4ccccc4)c3)c2)cc1. The molecule has 0 saturated carbocycles. The second kappa shape index (κ2) is 13.5. The summed E-state index contributed by atoms with van der Waals surface area (Å²) in [5.41, 5.74) is 14.7. The minimum atomic E-state index is 1.19. The van der Waals surface area contributed by atoms with E-state index >= 15 is 0 Å². The monoisotopic (exact) mass is 684 g/mol. The van der Waals surface area contributed by atoms with Crippen molar-refractivity contribution >= 4 is 32.3 Å². The quantitative estimate of drug-likeness (QED) is 0.153. The molecule has 0 aromatic heterocycles. The molecule has 0 nitrogen and oxygen atoms in total. The molecule has 10 aromatic rings. The van der Waals surface area contributed by atoms with Crippen LogP contribution < -0.4 is 0 Å². The average molecular weight is 685 g/mol. The molecule has 0 amide bonds. The first-order valence-electron chi connectivity index (χ1n) is 18.7. The fourth-order valence-corrected chi connectivity index (χ4v) is 8.34. The summed E-state index contributed by atoms with van der Waals surface area (Å²) in [4.78, 5) is 0. The lowest BCUT2D eigenvalue weighted by molar-refractivity contribution is 1.56. The molecule has 0 heterocycles. The van der Waals surface area contributed by atoms with Gasteiger partial charge in [-0.1, -0.05) is 200 Å². The van der Waals surface area contributed by atoms with Crippen LogP contribution in [0, 0.1) is 0 Å². The van der Waals surface area contributed by atoms with E-state index in [-0.39, 0.29) is 0 Å². The molecule has 0 fully saturated rings. The van der Waals surface area contributed by atoms with E-state index in [4.69, 9.17) is 0 Å². The van der Waals surface area contributed by atoms with Crippen molar-refractivity contribution in [3.05, 3.63) is 218 Å². The Morgan fingerprint density at radius 3 is 1.35 bits per heavy atom. The van der Waals surface area contributed by atoms with Crippen molar-refractivity contribution < 1.29 is 0 Å². The fourth-order valence-electron chi connectivity index (χ4n) is 8.34. The normalized spacial score (nSPS) is 11.3. The maximum absolute atomic E-state index is 2.42. The highest BCUT2D eigenvalue weighted by molar-refractivity contribution is 6.23. The third-order valence-electron chi connectivity index (χ3n) is 10.9. The first kappa shape index (κ1) is 31.7. The first-order valence-corrected chi connectivity index (χ1v) is 18.7. The number of hydrogen-bond acceptors (Lipinski definition) is 0. The van der Waals surface area contributed by atoms with Crippen LogP contribution in [-0.2, 0) is 0 Å². The molecule has 10 aromatic carbocycles. The Morgan fingerprint density at radius 1 is 0.185 bits per heavy atom. The highest BCUT2D eigenvalue weighted by Gasteiger charge is 2.21. The van der Waals surface area contributed by atoms with Crippen LogP contribution in [0.2, 0.25) is 0 Å². The van der Waals surface area contributed by atoms with Crippen LogP contribution in [0.15, 0.2) is 218 Å². The molecule has 0 heteroatoms. The van der Waals surface area contributed by atoms with Crippen molar-refractivity contribution in [1.29, 1.82) is 0 Å². The van der Waals surface area contributed by atoms with Gasteiger partial charge in [-0.15, -0.1) is 0 Å². The Hall–Kier alpha value is -7.02. The molecule has 10 rings (SSSR count). The molecule has 252 valence electrons. The third kappa shape index (κ3) is 5.57. The summed E-state index contributed by atoms with van der Waals surface area (Å²) < 4.78 is 0. The fraction of sp³-hybridized carbons (Fsp3) is 0. The van der Waals surface area contributed by atoms with Crippen LogP contribution in [0.1, 0.15) is 0 Å². The number of hydrogen-bond donors (Lipinski definition) is 0. The van der Waals surface area contributed by atoms with Gasteiger partial charge >= 0.3 is 0 Å². The smallest absolute Gasteiger partial charge is 0.00201 e. The van der Waals surface area contributed by atoms with Crippen LogP contribution in [0.5, 0.6) is 0 Å². The molecule has 54 heavy (non-hydrogen) atoms. The Balaban J connectivity index is 1.27. The van der Waals surface area contributed by atoms with Gasteiger partial charge in [0.25, 0.3) is 0 Å². The topological polar surface area (TPSA) is 0 Å². The third-order valence-corrected chi connectivity index (χ3v) is 10.9. The Labute approximate surface area is 316 Å². The average Bonchev–Trinajstić information content (AvgIpc) is 3.26. The van der Waals surface area contributed by atoms with Crippen molar-refractivity contribution in [2.24, 2.45) is 0 Å². The van der Waals surface area contributed by atoms with Crippen LogP contribution in [0.4, 0.5) is 0 Å². The second-order valence-electron chi connectivity index (χ2n) is 14.0. The summed E-state index contributed by atoms with van der Waals surface area (Å²) in [5.74, 6) is 0. The van der Waals surface area contributed by atoms with Gasteiger partial charge < -0.3 is 0 Å². The maximum Gasteiger partial charge on any atom is -0.00201 e. The van der Waals surface area contributed by atoms with Gasteiger partial charge in [-0.2, -0.15) is 0 Å². The van der Waals surface area contributed by atoms with Crippen LogP contribution in [-0.4, -0.2) is 0 Å². The van der Waals surface area contributed by atoms with Gasteiger partial charge in [-0.25, -0.2) is 0 Å². The molecule has 0 aliphatic heterocycles. The summed E-state index contributed by atoms with van der Waals surface area (Å²) in [7, 11) is 0. The van der Waals surface area contributed by atoms with Crippen molar-refractivity contribution in [3.63, 3.8) is 0 Å². The Kier molecular flexibility index (Phi) is 7.93. The molecular weight excluding hydrogens is 649 g/mol. The molecule has 0 spiro atoms. The van der Waals surface area contributed by atoms with Gasteiger partial charge in [0.2, 0.25) is 0 Å². The van der Waals surface area contributed by atoms with E-state index in [9.17, 15) is 0 Å². The van der Waals surface area contributed by atoms with Crippen molar-refractivity contribution in [1.82, 2.24) is 0 Å². The zero-order valence-electron chi connectivity index (χ0n) is 29.8. The highest BCUT2D eigenvalue weighted by Crippen LogP contribution is 2.48. The maximum atomic E-state index is 2.42. The van der Waals surface area contributed by atoms with Gasteiger partial charge in [0.1, 0.15) is 0 Å². The van der Waals surface area contributed by atoms with Crippen molar-refractivity contribution in [3.8, 4) is 66.8 Å². The standard InChI is InChI=1S/C54H36/c1-3-16-37(17-4-1)41-22-15-23-42(34-41)43-32-33-51(52(36-43)46-25-10-9-24-45(46)39-19-5-2-6-20-39)54-49-28-13-11-26-47(49)53(48-27-12-14-29-50(48)54)44-31-30-38-18-7-8-21-40(38)35-44/h1-36H. The van der Waals surface area contributed by atoms with Crippen LogP contribution >= 0.6 is 0 Å². The molecule has 0 unspecified atom stereocenters. The largest absolute Gasteiger partial charge is 0.0622 e. The molecule has 0 bridgehead atoms. The Bertz CT molecular complexity index is 2910. The number of fused-ring (bicyclic) bond motifs is 3. The molecular formula is C54H36. The zero-order chi connectivity index (χ0) is 35.8. The summed E-state index contributed by atoms with van der Waals surface area (Å²) >= 11 is 0. The predicted molar refractivity (Wildman–Crippen MR) is 232 cm³/mol. The van der Waals surface area contributed by atoms with Crippen molar-refractivity contribution in [2.45, 2.75) is 0 Å². The summed E-state index contributed by atoms with van der Waals surface area (Å²) in [6.45, 7) is 0. The van der Waals surface area contributed by atoms with Gasteiger partial charge in [0.15, 0.2) is 0 Å². The van der Waals surface area contributed by atoms with E-state index in [2.05, 4.69) is 218 Å². The predicted octanol–water partition coefficient (Wildman–Crippen LogP) is 15.1. The van der Waals surface area contributed by atoms with E-state index in [1.54, 1.807) is 0 Å². The number of rotatable bonds is 6. The minimum absolute atomic E-state index is 1.19. The molecule has 0 atom stereocenters.